The van der Waals surface area contributed by atoms with Crippen molar-refractivity contribution < 1.29 is 0 Å². The summed E-state index contributed by atoms with van der Waals surface area (Å²) >= 11 is 0. The second kappa shape index (κ2) is 5.99. The number of nitrogens with one attached hydrogen (secondary N) is 2. The summed E-state index contributed by atoms with van der Waals surface area (Å²) < 4.78 is 0. The van der Waals surface area contributed by atoms with Crippen molar-refractivity contribution in [1.82, 2.24) is 9.97 Å². The molecule has 0 aliphatic rings. The number of benzene rings is 1. The highest BCUT2D eigenvalue weighted by Gasteiger charge is 2.11. The maximum absolute atomic E-state index is 12.1. The zero-order valence-corrected chi connectivity index (χ0v) is 13.2. The number of H-pyrrole nitrogens is 1. The summed E-state index contributed by atoms with van der Waals surface area (Å²) in [6, 6.07) is 6.10. The van der Waals surface area contributed by atoms with Gasteiger partial charge in [0.05, 0.1) is 5.56 Å². The molecule has 21 heavy (non-hydrogen) atoms. The average Bonchev–Trinajstić information content (AvgIpc) is 2.46. The third-order valence-corrected chi connectivity index (χ3v) is 3.70. The molecule has 5 nitrogen and oxygen atoms in total. The summed E-state index contributed by atoms with van der Waals surface area (Å²) in [5, 5.41) is 3.31. The lowest BCUT2D eigenvalue weighted by Crippen LogP contribution is -2.24. The normalized spacial score (nSPS) is 10.5. The molecule has 2 aromatic rings. The summed E-state index contributed by atoms with van der Waals surface area (Å²) in [6.07, 6.45) is 0. The van der Waals surface area contributed by atoms with E-state index >= 15 is 0 Å². The second-order valence-corrected chi connectivity index (χ2v) is 5.27. The molecule has 0 unspecified atom stereocenters. The minimum atomic E-state index is -0.117. The largest absolute Gasteiger partial charge is 0.346 e. The van der Waals surface area contributed by atoms with Gasteiger partial charge >= 0.3 is 0 Å². The molecule has 2 rings (SSSR count). The number of rotatable bonds is 4. The molecule has 0 fully saturated rings. The fourth-order valence-electron chi connectivity index (χ4n) is 2.10. The van der Waals surface area contributed by atoms with Gasteiger partial charge in [-0.2, -0.15) is 4.98 Å². The van der Waals surface area contributed by atoms with Crippen molar-refractivity contribution in [2.45, 2.75) is 27.7 Å². The van der Waals surface area contributed by atoms with Crippen LogP contribution in [0, 0.1) is 20.8 Å². The molecule has 0 spiro atoms. The number of aromatic amines is 1. The number of aryl methyl sites for hydroxylation is 2. The van der Waals surface area contributed by atoms with E-state index in [9.17, 15) is 4.79 Å². The summed E-state index contributed by atoms with van der Waals surface area (Å²) in [5.41, 5.74) is 3.73. The highest BCUT2D eigenvalue weighted by Crippen LogP contribution is 2.24. The SMILES string of the molecule is CCN(C)c1nc(Nc2c(C)cccc2C)c(C)c(=O)[nH]1. The van der Waals surface area contributed by atoms with Crippen molar-refractivity contribution in [3.05, 3.63) is 45.2 Å². The molecular formula is C16H22N4O. The van der Waals surface area contributed by atoms with Crippen molar-refractivity contribution in [2.24, 2.45) is 0 Å². The van der Waals surface area contributed by atoms with Gasteiger partial charge in [0.1, 0.15) is 5.82 Å². The van der Waals surface area contributed by atoms with E-state index in [0.29, 0.717) is 17.3 Å². The van der Waals surface area contributed by atoms with Gasteiger partial charge in [0.15, 0.2) is 0 Å². The molecule has 2 N–H and O–H groups in total. The zero-order valence-electron chi connectivity index (χ0n) is 13.2. The third kappa shape index (κ3) is 3.07. The number of hydrogen-bond donors (Lipinski definition) is 2. The van der Waals surface area contributed by atoms with Crippen LogP contribution in [-0.4, -0.2) is 23.6 Å². The number of anilines is 3. The van der Waals surface area contributed by atoms with Crippen LogP contribution in [0.5, 0.6) is 0 Å². The van der Waals surface area contributed by atoms with Gasteiger partial charge in [-0.05, 0) is 38.8 Å². The van der Waals surface area contributed by atoms with Gasteiger partial charge < -0.3 is 10.2 Å². The molecule has 0 saturated heterocycles. The minimum Gasteiger partial charge on any atom is -0.346 e. The Morgan fingerprint density at radius 1 is 1.24 bits per heavy atom. The van der Waals surface area contributed by atoms with E-state index < -0.39 is 0 Å². The van der Waals surface area contributed by atoms with Crippen molar-refractivity contribution in [3.63, 3.8) is 0 Å². The summed E-state index contributed by atoms with van der Waals surface area (Å²) in [5.74, 6) is 1.17. The topological polar surface area (TPSA) is 61.0 Å². The lowest BCUT2D eigenvalue weighted by Gasteiger charge is -2.18. The van der Waals surface area contributed by atoms with E-state index in [1.165, 1.54) is 0 Å². The quantitative estimate of drug-likeness (QED) is 0.907. The molecule has 0 bridgehead atoms. The van der Waals surface area contributed by atoms with Crippen LogP contribution >= 0.6 is 0 Å². The van der Waals surface area contributed by atoms with Crippen LogP contribution in [0.3, 0.4) is 0 Å². The van der Waals surface area contributed by atoms with Crippen LogP contribution in [0.4, 0.5) is 17.5 Å². The molecule has 0 saturated carbocycles. The summed E-state index contributed by atoms with van der Waals surface area (Å²) in [7, 11) is 1.90. The minimum absolute atomic E-state index is 0.117. The van der Waals surface area contributed by atoms with E-state index in [1.54, 1.807) is 6.92 Å². The van der Waals surface area contributed by atoms with Crippen molar-refractivity contribution in [1.29, 1.82) is 0 Å². The van der Waals surface area contributed by atoms with Gasteiger partial charge in [-0.25, -0.2) is 0 Å². The monoisotopic (exact) mass is 286 g/mol. The Morgan fingerprint density at radius 2 is 1.86 bits per heavy atom. The first kappa shape index (κ1) is 15.1. The number of hydrogen-bond acceptors (Lipinski definition) is 4. The predicted molar refractivity (Wildman–Crippen MR) is 87.7 cm³/mol. The number of aromatic nitrogens is 2. The molecule has 5 heteroatoms. The second-order valence-electron chi connectivity index (χ2n) is 5.27. The highest BCUT2D eigenvalue weighted by atomic mass is 16.1. The Balaban J connectivity index is 2.49. The molecular weight excluding hydrogens is 264 g/mol. The predicted octanol–water partition coefficient (Wildman–Crippen LogP) is 2.89. The van der Waals surface area contributed by atoms with Gasteiger partial charge in [0, 0.05) is 19.3 Å². The van der Waals surface area contributed by atoms with Crippen molar-refractivity contribution in [3.8, 4) is 0 Å². The van der Waals surface area contributed by atoms with Gasteiger partial charge in [-0.1, -0.05) is 18.2 Å². The fraction of sp³-hybridized carbons (Fsp3) is 0.375. The van der Waals surface area contributed by atoms with Crippen LogP contribution in [0.1, 0.15) is 23.6 Å². The molecule has 0 aliphatic carbocycles. The molecule has 0 radical (unpaired) electrons. The first-order chi connectivity index (χ1) is 9.93. The maximum Gasteiger partial charge on any atom is 0.257 e. The van der Waals surface area contributed by atoms with Gasteiger partial charge in [-0.3, -0.25) is 9.78 Å². The fourth-order valence-corrected chi connectivity index (χ4v) is 2.10. The zero-order chi connectivity index (χ0) is 15.6. The Kier molecular flexibility index (Phi) is 4.31. The summed E-state index contributed by atoms with van der Waals surface area (Å²) in [6.45, 7) is 8.64. The number of para-hydroxylation sites is 1. The summed E-state index contributed by atoms with van der Waals surface area (Å²) in [4.78, 5) is 21.3. The Bertz CT molecular complexity index is 686. The van der Waals surface area contributed by atoms with Crippen LogP contribution in [0.2, 0.25) is 0 Å². The first-order valence-corrected chi connectivity index (χ1v) is 7.09. The smallest absolute Gasteiger partial charge is 0.257 e. The molecule has 1 heterocycles. The van der Waals surface area contributed by atoms with Crippen LogP contribution in [0.15, 0.2) is 23.0 Å². The van der Waals surface area contributed by atoms with E-state index in [2.05, 4.69) is 15.3 Å². The van der Waals surface area contributed by atoms with Crippen LogP contribution in [-0.2, 0) is 0 Å². The third-order valence-electron chi connectivity index (χ3n) is 3.70. The van der Waals surface area contributed by atoms with Gasteiger partial charge in [0.25, 0.3) is 5.56 Å². The Labute approximate surface area is 125 Å². The molecule has 0 aliphatic heterocycles. The Hall–Kier alpha value is -2.30. The molecule has 1 aromatic carbocycles. The lowest BCUT2D eigenvalue weighted by atomic mass is 10.1. The standard InChI is InChI=1S/C16H22N4O/c1-6-20(5)16-18-14(12(4)15(21)19-16)17-13-10(2)8-7-9-11(13)3/h7-9H,6H2,1-5H3,(H2,17,18,19,21). The molecule has 1 aromatic heterocycles. The average molecular weight is 286 g/mol. The van der Waals surface area contributed by atoms with E-state index in [1.807, 2.05) is 50.9 Å². The van der Waals surface area contributed by atoms with E-state index in [4.69, 9.17) is 0 Å². The molecule has 112 valence electrons. The van der Waals surface area contributed by atoms with E-state index in [-0.39, 0.29) is 5.56 Å². The van der Waals surface area contributed by atoms with Crippen molar-refractivity contribution in [2.75, 3.05) is 23.8 Å². The lowest BCUT2D eigenvalue weighted by molar-refractivity contribution is 0.889. The van der Waals surface area contributed by atoms with Crippen LogP contribution in [0.25, 0.3) is 0 Å². The van der Waals surface area contributed by atoms with Gasteiger partial charge in [-0.15, -0.1) is 0 Å². The van der Waals surface area contributed by atoms with Gasteiger partial charge in [0.2, 0.25) is 5.95 Å². The van der Waals surface area contributed by atoms with E-state index in [0.717, 1.165) is 23.4 Å². The maximum atomic E-state index is 12.1. The highest BCUT2D eigenvalue weighted by molar-refractivity contribution is 5.66. The molecule has 0 atom stereocenters. The van der Waals surface area contributed by atoms with Crippen molar-refractivity contribution >= 4 is 17.5 Å². The molecule has 0 amide bonds. The Morgan fingerprint density at radius 3 is 2.43 bits per heavy atom. The van der Waals surface area contributed by atoms with Crippen LogP contribution < -0.4 is 15.8 Å². The number of nitrogens with zero attached hydrogens (tertiary/aromatic N) is 2. The first-order valence-electron chi connectivity index (χ1n) is 7.09.